The van der Waals surface area contributed by atoms with Crippen molar-refractivity contribution in [1.29, 1.82) is 0 Å². The van der Waals surface area contributed by atoms with Crippen molar-refractivity contribution in [1.82, 2.24) is 10.2 Å². The van der Waals surface area contributed by atoms with Gasteiger partial charge in [-0.05, 0) is 12.1 Å². The van der Waals surface area contributed by atoms with Crippen molar-refractivity contribution in [2.75, 3.05) is 17.2 Å². The molecule has 0 unspecified atom stereocenters. The number of carbonyl (C=O) groups is 1. The van der Waals surface area contributed by atoms with Crippen molar-refractivity contribution in [3.8, 4) is 18.1 Å². The van der Waals surface area contributed by atoms with Gasteiger partial charge in [0.25, 0.3) is 0 Å². The van der Waals surface area contributed by atoms with Crippen LogP contribution in [0.1, 0.15) is 0 Å². The standard InChI is InChI=1S/C13H12N4O2/c1-2-9-19-11-6-4-3-5-10(11)15-13(18)16-12-7-8-14-17-12/h1,3-8H,9H2,(H3,14,15,16,17,18). The molecule has 0 aliphatic rings. The first-order valence-electron chi connectivity index (χ1n) is 5.52. The molecular formula is C13H12N4O2. The number of urea groups is 1. The van der Waals surface area contributed by atoms with Crippen LogP contribution in [0.2, 0.25) is 0 Å². The smallest absolute Gasteiger partial charge is 0.324 e. The summed E-state index contributed by atoms with van der Waals surface area (Å²) in [6.45, 7) is 0.140. The quantitative estimate of drug-likeness (QED) is 0.733. The maximum atomic E-state index is 11.7. The van der Waals surface area contributed by atoms with E-state index in [1.54, 1.807) is 36.5 Å². The summed E-state index contributed by atoms with van der Waals surface area (Å²) < 4.78 is 5.32. The first kappa shape index (κ1) is 12.5. The van der Waals surface area contributed by atoms with Gasteiger partial charge in [0.05, 0.1) is 11.9 Å². The van der Waals surface area contributed by atoms with Crippen LogP contribution in [0.5, 0.6) is 5.75 Å². The molecule has 1 aromatic heterocycles. The number of hydrogen-bond acceptors (Lipinski definition) is 3. The van der Waals surface area contributed by atoms with Gasteiger partial charge in [-0.25, -0.2) is 4.79 Å². The molecule has 0 saturated carbocycles. The van der Waals surface area contributed by atoms with Crippen molar-refractivity contribution in [2.45, 2.75) is 0 Å². The summed E-state index contributed by atoms with van der Waals surface area (Å²) in [5, 5.41) is 11.6. The van der Waals surface area contributed by atoms with Crippen molar-refractivity contribution < 1.29 is 9.53 Å². The Hall–Kier alpha value is -2.94. The number of nitrogens with one attached hydrogen (secondary N) is 3. The number of para-hydroxylation sites is 2. The van der Waals surface area contributed by atoms with E-state index in [0.717, 1.165) is 0 Å². The number of aromatic nitrogens is 2. The van der Waals surface area contributed by atoms with Crippen LogP contribution in [-0.4, -0.2) is 22.8 Å². The molecule has 2 amide bonds. The van der Waals surface area contributed by atoms with E-state index in [2.05, 4.69) is 26.8 Å². The zero-order valence-electron chi connectivity index (χ0n) is 10.0. The Morgan fingerprint density at radius 3 is 2.95 bits per heavy atom. The largest absolute Gasteiger partial charge is 0.479 e. The van der Waals surface area contributed by atoms with Gasteiger partial charge in [-0.15, -0.1) is 6.42 Å². The zero-order valence-corrected chi connectivity index (χ0v) is 10.0. The Morgan fingerprint density at radius 2 is 2.21 bits per heavy atom. The first-order valence-corrected chi connectivity index (χ1v) is 5.52. The van der Waals surface area contributed by atoms with E-state index in [1.165, 1.54) is 0 Å². The third kappa shape index (κ3) is 3.51. The van der Waals surface area contributed by atoms with Gasteiger partial charge >= 0.3 is 6.03 Å². The zero-order chi connectivity index (χ0) is 13.5. The maximum absolute atomic E-state index is 11.7. The van der Waals surface area contributed by atoms with Crippen LogP contribution >= 0.6 is 0 Å². The number of nitrogens with zero attached hydrogens (tertiary/aromatic N) is 1. The normalized spacial score (nSPS) is 9.42. The second-order valence-electron chi connectivity index (χ2n) is 3.54. The van der Waals surface area contributed by atoms with E-state index in [1.807, 2.05) is 0 Å². The topological polar surface area (TPSA) is 79.0 Å². The number of terminal acetylenes is 1. The number of benzene rings is 1. The molecule has 0 atom stereocenters. The summed E-state index contributed by atoms with van der Waals surface area (Å²) in [5.41, 5.74) is 0.537. The van der Waals surface area contributed by atoms with Gasteiger partial charge in [-0.1, -0.05) is 18.1 Å². The molecule has 0 spiro atoms. The summed E-state index contributed by atoms with van der Waals surface area (Å²) in [7, 11) is 0. The third-order valence-electron chi connectivity index (χ3n) is 2.20. The number of ether oxygens (including phenoxy) is 1. The van der Waals surface area contributed by atoms with Crippen LogP contribution in [0.4, 0.5) is 16.3 Å². The van der Waals surface area contributed by atoms with E-state index >= 15 is 0 Å². The number of aromatic amines is 1. The average molecular weight is 256 g/mol. The van der Waals surface area contributed by atoms with Crippen molar-refractivity contribution in [2.24, 2.45) is 0 Å². The lowest BCUT2D eigenvalue weighted by molar-refractivity contribution is 0.262. The average Bonchev–Trinajstić information content (AvgIpc) is 2.90. The van der Waals surface area contributed by atoms with Gasteiger partial charge in [-0.2, -0.15) is 5.10 Å². The fourth-order valence-corrected chi connectivity index (χ4v) is 1.42. The lowest BCUT2D eigenvalue weighted by Crippen LogP contribution is -2.20. The number of H-pyrrole nitrogens is 1. The minimum absolute atomic E-state index is 0.140. The second-order valence-corrected chi connectivity index (χ2v) is 3.54. The Balaban J connectivity index is 2.02. The molecule has 0 radical (unpaired) electrons. The lowest BCUT2D eigenvalue weighted by Gasteiger charge is -2.10. The highest BCUT2D eigenvalue weighted by Crippen LogP contribution is 2.23. The summed E-state index contributed by atoms with van der Waals surface area (Å²) in [6, 6.07) is 8.27. The highest BCUT2D eigenvalue weighted by Gasteiger charge is 2.07. The SMILES string of the molecule is C#CCOc1ccccc1NC(=O)Nc1ccn[nH]1. The Bertz CT molecular complexity index is 587. The van der Waals surface area contributed by atoms with E-state index in [9.17, 15) is 4.79 Å². The summed E-state index contributed by atoms with van der Waals surface area (Å²) in [6.07, 6.45) is 6.67. The molecule has 0 fully saturated rings. The molecule has 1 aromatic carbocycles. The Morgan fingerprint density at radius 1 is 1.37 bits per heavy atom. The monoisotopic (exact) mass is 256 g/mol. The summed E-state index contributed by atoms with van der Waals surface area (Å²) >= 11 is 0. The van der Waals surface area contributed by atoms with Crippen LogP contribution in [0, 0.1) is 12.3 Å². The summed E-state index contributed by atoms with van der Waals surface area (Å²) in [5.74, 6) is 3.38. The first-order chi connectivity index (χ1) is 9.29. The number of carbonyl (C=O) groups excluding carboxylic acids is 1. The minimum Gasteiger partial charge on any atom is -0.479 e. The van der Waals surface area contributed by atoms with Gasteiger partial charge in [0, 0.05) is 6.07 Å². The van der Waals surface area contributed by atoms with Gasteiger partial charge < -0.3 is 10.1 Å². The van der Waals surface area contributed by atoms with E-state index in [-0.39, 0.29) is 6.61 Å². The molecule has 0 saturated heterocycles. The van der Waals surface area contributed by atoms with Gasteiger partial charge in [0.2, 0.25) is 0 Å². The number of amides is 2. The maximum Gasteiger partial charge on any atom is 0.324 e. The number of rotatable bonds is 4. The lowest BCUT2D eigenvalue weighted by atomic mass is 10.3. The van der Waals surface area contributed by atoms with Gasteiger partial charge in [0.1, 0.15) is 18.2 Å². The van der Waals surface area contributed by atoms with Crippen LogP contribution in [0.25, 0.3) is 0 Å². The van der Waals surface area contributed by atoms with Crippen LogP contribution in [0.3, 0.4) is 0 Å². The fourth-order valence-electron chi connectivity index (χ4n) is 1.42. The number of hydrogen-bond donors (Lipinski definition) is 3. The predicted octanol–water partition coefficient (Wildman–Crippen LogP) is 2.07. The minimum atomic E-state index is -0.402. The third-order valence-corrected chi connectivity index (χ3v) is 2.20. The van der Waals surface area contributed by atoms with E-state index in [0.29, 0.717) is 17.3 Å². The highest BCUT2D eigenvalue weighted by molar-refractivity contribution is 6.00. The van der Waals surface area contributed by atoms with E-state index in [4.69, 9.17) is 11.2 Å². The predicted molar refractivity (Wildman–Crippen MR) is 72.0 cm³/mol. The van der Waals surface area contributed by atoms with Crippen molar-refractivity contribution in [3.63, 3.8) is 0 Å². The second kappa shape index (κ2) is 6.12. The van der Waals surface area contributed by atoms with Crippen LogP contribution in [0.15, 0.2) is 36.5 Å². The molecule has 6 heteroatoms. The van der Waals surface area contributed by atoms with Gasteiger partial charge in [-0.3, -0.25) is 10.4 Å². The molecule has 0 bridgehead atoms. The molecule has 19 heavy (non-hydrogen) atoms. The van der Waals surface area contributed by atoms with Crippen LogP contribution < -0.4 is 15.4 Å². The molecule has 1 heterocycles. The summed E-state index contributed by atoms with van der Waals surface area (Å²) in [4.78, 5) is 11.7. The van der Waals surface area contributed by atoms with Crippen molar-refractivity contribution in [3.05, 3.63) is 36.5 Å². The molecule has 2 aromatic rings. The molecular weight excluding hydrogens is 244 g/mol. The Labute approximate surface area is 110 Å². The molecule has 0 aliphatic carbocycles. The molecule has 0 aliphatic heterocycles. The molecule has 6 nitrogen and oxygen atoms in total. The molecule has 96 valence electrons. The Kier molecular flexibility index (Phi) is 4.03. The van der Waals surface area contributed by atoms with Gasteiger partial charge in [0.15, 0.2) is 0 Å². The fraction of sp³-hybridized carbons (Fsp3) is 0.0769. The number of anilines is 2. The molecule has 3 N–H and O–H groups in total. The highest BCUT2D eigenvalue weighted by atomic mass is 16.5. The van der Waals surface area contributed by atoms with Crippen LogP contribution in [-0.2, 0) is 0 Å². The van der Waals surface area contributed by atoms with Crippen molar-refractivity contribution >= 4 is 17.5 Å². The molecule has 2 rings (SSSR count). The van der Waals surface area contributed by atoms with E-state index < -0.39 is 6.03 Å².